The molecule has 0 saturated carbocycles. The van der Waals surface area contributed by atoms with Gasteiger partial charge in [-0.25, -0.2) is 0 Å². The average molecular weight is 156 g/mol. The highest BCUT2D eigenvalue weighted by Gasteiger charge is 1.96. The molecule has 0 aliphatic rings. The van der Waals surface area contributed by atoms with Crippen LogP contribution < -0.4 is 5.73 Å². The number of nitrogens with two attached hydrogens (primary N) is 1. The van der Waals surface area contributed by atoms with Crippen molar-refractivity contribution in [3.05, 3.63) is 11.8 Å². The van der Waals surface area contributed by atoms with Crippen LogP contribution in [0.2, 0.25) is 0 Å². The van der Waals surface area contributed by atoms with Gasteiger partial charge in [-0.15, -0.1) is 0 Å². The van der Waals surface area contributed by atoms with E-state index in [4.69, 9.17) is 15.7 Å². The van der Waals surface area contributed by atoms with E-state index in [2.05, 4.69) is 12.2 Å². The summed E-state index contributed by atoms with van der Waals surface area (Å²) in [5, 5.41) is 8.36. The van der Waals surface area contributed by atoms with Crippen molar-refractivity contribution in [3.8, 4) is 6.07 Å². The first-order valence-electron chi connectivity index (χ1n) is 2.74. The highest BCUT2D eigenvalue weighted by Crippen LogP contribution is 1.92. The van der Waals surface area contributed by atoms with Gasteiger partial charge in [0.15, 0.2) is 0 Å². The van der Waals surface area contributed by atoms with Crippen LogP contribution in [0.3, 0.4) is 0 Å². The van der Waals surface area contributed by atoms with Crippen molar-refractivity contribution < 1.29 is 4.74 Å². The van der Waals surface area contributed by atoms with E-state index in [1.807, 2.05) is 6.92 Å². The van der Waals surface area contributed by atoms with E-state index in [1.54, 1.807) is 6.07 Å². The zero-order valence-corrected chi connectivity index (χ0v) is 6.44. The van der Waals surface area contributed by atoms with Crippen LogP contribution in [0.4, 0.5) is 0 Å². The maximum Gasteiger partial charge on any atom is 0.121 e. The lowest BCUT2D eigenvalue weighted by atomic mass is 10.3. The van der Waals surface area contributed by atoms with Crippen molar-refractivity contribution in [2.45, 2.75) is 6.92 Å². The van der Waals surface area contributed by atoms with Gasteiger partial charge in [0.25, 0.3) is 0 Å². The average Bonchev–Trinajstić information content (AvgIpc) is 1.89. The van der Waals surface area contributed by atoms with Crippen LogP contribution >= 0.6 is 12.2 Å². The van der Waals surface area contributed by atoms with E-state index >= 15 is 0 Å². The predicted molar refractivity (Wildman–Crippen MR) is 42.1 cm³/mol. The molecule has 0 fully saturated rings. The van der Waals surface area contributed by atoms with Crippen molar-refractivity contribution in [3.63, 3.8) is 0 Å². The second-order valence-corrected chi connectivity index (χ2v) is 1.90. The lowest BCUT2D eigenvalue weighted by Crippen LogP contribution is -2.10. The molecule has 0 unspecified atom stereocenters. The molecule has 0 aliphatic heterocycles. The van der Waals surface area contributed by atoms with Gasteiger partial charge in [0, 0.05) is 0 Å². The number of rotatable bonds is 3. The first-order valence-corrected chi connectivity index (χ1v) is 3.14. The Balaban J connectivity index is 4.09. The summed E-state index contributed by atoms with van der Waals surface area (Å²) in [6.45, 7) is 2.32. The maximum atomic E-state index is 8.36. The molecule has 0 radical (unpaired) electrons. The Morgan fingerprint density at radius 3 is 2.80 bits per heavy atom. The highest BCUT2D eigenvalue weighted by molar-refractivity contribution is 7.80. The second kappa shape index (κ2) is 4.77. The molecule has 0 aromatic carbocycles. The van der Waals surface area contributed by atoms with Crippen LogP contribution in [0.1, 0.15) is 6.92 Å². The minimum atomic E-state index is 0.0657. The summed E-state index contributed by atoms with van der Waals surface area (Å²) in [5.74, 6) is 0. The lowest BCUT2D eigenvalue weighted by Gasteiger charge is -1.94. The Morgan fingerprint density at radius 2 is 2.50 bits per heavy atom. The molecule has 0 aliphatic carbocycles. The Hall–Kier alpha value is -1.08. The quantitative estimate of drug-likeness (QED) is 0.283. The fourth-order valence-corrected chi connectivity index (χ4v) is 0.400. The lowest BCUT2D eigenvalue weighted by molar-refractivity contribution is 0.268. The van der Waals surface area contributed by atoms with Crippen LogP contribution in [0, 0.1) is 11.3 Å². The van der Waals surface area contributed by atoms with Crippen molar-refractivity contribution in [1.29, 1.82) is 5.26 Å². The van der Waals surface area contributed by atoms with E-state index in [1.165, 1.54) is 6.26 Å². The molecular formula is C6H8N2OS. The van der Waals surface area contributed by atoms with Gasteiger partial charge in [-0.1, -0.05) is 12.2 Å². The molecular weight excluding hydrogens is 148 g/mol. The molecule has 2 N–H and O–H groups in total. The van der Waals surface area contributed by atoms with Gasteiger partial charge in [-0.3, -0.25) is 0 Å². The molecule has 0 saturated heterocycles. The zero-order valence-electron chi connectivity index (χ0n) is 5.63. The number of hydrogen-bond acceptors (Lipinski definition) is 3. The van der Waals surface area contributed by atoms with Gasteiger partial charge in [0.2, 0.25) is 0 Å². The molecule has 0 atom stereocenters. The summed E-state index contributed by atoms with van der Waals surface area (Å²) in [5.41, 5.74) is 5.35. The molecule has 0 amide bonds. The molecule has 0 bridgehead atoms. The zero-order chi connectivity index (χ0) is 7.98. The maximum absolute atomic E-state index is 8.36. The van der Waals surface area contributed by atoms with Crippen molar-refractivity contribution >= 4 is 17.2 Å². The second-order valence-electron chi connectivity index (χ2n) is 1.46. The largest absolute Gasteiger partial charge is 0.500 e. The third-order valence-corrected chi connectivity index (χ3v) is 0.974. The van der Waals surface area contributed by atoms with E-state index in [9.17, 15) is 0 Å². The topological polar surface area (TPSA) is 59.0 Å². The summed E-state index contributed by atoms with van der Waals surface area (Å²) in [7, 11) is 0. The Morgan fingerprint density at radius 1 is 1.90 bits per heavy atom. The summed E-state index contributed by atoms with van der Waals surface area (Å²) < 4.78 is 4.80. The molecule has 0 rings (SSSR count). The first-order chi connectivity index (χ1) is 4.72. The van der Waals surface area contributed by atoms with Gasteiger partial charge < -0.3 is 10.5 Å². The minimum Gasteiger partial charge on any atom is -0.500 e. The monoisotopic (exact) mass is 156 g/mol. The minimum absolute atomic E-state index is 0.0657. The van der Waals surface area contributed by atoms with Crippen LogP contribution in [-0.4, -0.2) is 11.6 Å². The fourth-order valence-electron chi connectivity index (χ4n) is 0.306. The van der Waals surface area contributed by atoms with Crippen LogP contribution in [-0.2, 0) is 4.74 Å². The summed E-state index contributed by atoms with van der Waals surface area (Å²) in [6, 6.07) is 1.81. The van der Waals surface area contributed by atoms with Crippen molar-refractivity contribution in [2.24, 2.45) is 5.73 Å². The number of thiocarbonyl (C=S) groups is 1. The summed E-state index contributed by atoms with van der Waals surface area (Å²) in [4.78, 5) is 0.0657. The third-order valence-electron chi connectivity index (χ3n) is 0.754. The van der Waals surface area contributed by atoms with E-state index < -0.39 is 0 Å². The summed E-state index contributed by atoms with van der Waals surface area (Å²) in [6.07, 6.45) is 1.27. The molecule has 54 valence electrons. The highest BCUT2D eigenvalue weighted by atomic mass is 32.1. The normalized spacial score (nSPS) is 10.2. The molecule has 0 spiro atoms. The Kier molecular flexibility index (Phi) is 4.25. The fraction of sp³-hybridized carbons (Fsp3) is 0.333. The molecule has 10 heavy (non-hydrogen) atoms. The summed E-state index contributed by atoms with van der Waals surface area (Å²) >= 11 is 4.54. The molecule has 0 aromatic rings. The van der Waals surface area contributed by atoms with Gasteiger partial charge in [-0.2, -0.15) is 5.26 Å². The molecule has 0 aromatic heterocycles. The molecule has 4 heteroatoms. The predicted octanol–water partition coefficient (Wildman–Crippen LogP) is 0.716. The van der Waals surface area contributed by atoms with E-state index in [0.29, 0.717) is 6.61 Å². The van der Waals surface area contributed by atoms with Gasteiger partial charge >= 0.3 is 0 Å². The Bertz CT molecular complexity index is 192. The van der Waals surface area contributed by atoms with Gasteiger partial charge in [0.05, 0.1) is 6.61 Å². The smallest absolute Gasteiger partial charge is 0.121 e. The van der Waals surface area contributed by atoms with Crippen molar-refractivity contribution in [1.82, 2.24) is 0 Å². The third kappa shape index (κ3) is 3.05. The number of nitrogens with zero attached hydrogens (tertiary/aromatic N) is 1. The van der Waals surface area contributed by atoms with Crippen molar-refractivity contribution in [2.75, 3.05) is 6.61 Å². The SMILES string of the molecule is CCO/C=C(/C#N)C(N)=S. The van der Waals surface area contributed by atoms with E-state index in [0.717, 1.165) is 0 Å². The van der Waals surface area contributed by atoms with Crippen LogP contribution in [0.5, 0.6) is 0 Å². The standard InChI is InChI=1S/C6H8N2OS/c1-2-9-4-5(3-7)6(8)10/h4H,2H2,1H3,(H2,8,10)/b5-4-. The van der Waals surface area contributed by atoms with Crippen LogP contribution in [0.15, 0.2) is 11.8 Å². The number of hydrogen-bond donors (Lipinski definition) is 1. The van der Waals surface area contributed by atoms with Crippen LogP contribution in [0.25, 0.3) is 0 Å². The Labute approximate surface area is 65.1 Å². The van der Waals surface area contributed by atoms with Gasteiger partial charge in [-0.05, 0) is 6.92 Å². The number of ether oxygens (including phenoxy) is 1. The number of nitriles is 1. The van der Waals surface area contributed by atoms with Gasteiger partial charge in [0.1, 0.15) is 22.9 Å². The molecule has 0 heterocycles. The molecule has 3 nitrogen and oxygen atoms in total. The van der Waals surface area contributed by atoms with E-state index in [-0.39, 0.29) is 10.6 Å². The first kappa shape index (κ1) is 8.92.